The van der Waals surface area contributed by atoms with Crippen molar-refractivity contribution in [2.24, 2.45) is 0 Å². The summed E-state index contributed by atoms with van der Waals surface area (Å²) in [7, 11) is 1.24. The molecule has 0 saturated carbocycles. The number of hydrogen-bond acceptors (Lipinski definition) is 6. The van der Waals surface area contributed by atoms with Crippen molar-refractivity contribution in [1.29, 1.82) is 0 Å². The zero-order valence-corrected chi connectivity index (χ0v) is 13.6. The Morgan fingerprint density at radius 2 is 2.00 bits per heavy atom. The fraction of sp³-hybridized carbons (Fsp3) is 0.188. The summed E-state index contributed by atoms with van der Waals surface area (Å²) in [5, 5.41) is 0.650. The number of fused-ring (bicyclic) bond motifs is 1. The Labute approximate surface area is 144 Å². The van der Waals surface area contributed by atoms with Crippen molar-refractivity contribution in [2.45, 2.75) is 17.0 Å². The Bertz CT molecular complexity index is 924. The van der Waals surface area contributed by atoms with Gasteiger partial charge in [0.2, 0.25) is 5.82 Å². The van der Waals surface area contributed by atoms with E-state index in [1.54, 1.807) is 18.2 Å². The SMILES string of the molecule is COC(=O)c1ccoc1CSc1nc(C(F)(F)F)nc2ccccc12. The fourth-order valence-electron chi connectivity index (χ4n) is 2.16. The molecule has 1 aromatic carbocycles. The van der Waals surface area contributed by atoms with E-state index in [0.29, 0.717) is 11.1 Å². The number of carbonyl (C=O) groups is 1. The Morgan fingerprint density at radius 3 is 2.72 bits per heavy atom. The number of methoxy groups -OCH3 is 1. The van der Waals surface area contributed by atoms with Gasteiger partial charge in [0.15, 0.2) is 0 Å². The molecule has 0 aliphatic carbocycles. The van der Waals surface area contributed by atoms with Gasteiger partial charge in [0.25, 0.3) is 0 Å². The number of rotatable bonds is 4. The summed E-state index contributed by atoms with van der Waals surface area (Å²) in [6, 6.07) is 7.87. The Morgan fingerprint density at radius 1 is 1.24 bits per heavy atom. The molecule has 0 fully saturated rings. The third-order valence-corrected chi connectivity index (χ3v) is 4.30. The van der Waals surface area contributed by atoms with Crippen molar-refractivity contribution in [2.75, 3.05) is 7.11 Å². The van der Waals surface area contributed by atoms with E-state index in [1.165, 1.54) is 25.5 Å². The van der Waals surface area contributed by atoms with E-state index in [-0.39, 0.29) is 21.9 Å². The fourth-order valence-corrected chi connectivity index (χ4v) is 3.13. The predicted octanol–water partition coefficient (Wildman–Crippen LogP) is 4.32. The molecule has 0 radical (unpaired) electrons. The van der Waals surface area contributed by atoms with Crippen molar-refractivity contribution < 1.29 is 27.1 Å². The van der Waals surface area contributed by atoms with Crippen LogP contribution in [-0.2, 0) is 16.7 Å². The number of para-hydroxylation sites is 1. The van der Waals surface area contributed by atoms with E-state index in [9.17, 15) is 18.0 Å². The zero-order chi connectivity index (χ0) is 18.0. The number of esters is 1. The number of benzene rings is 1. The van der Waals surface area contributed by atoms with Crippen LogP contribution in [0.1, 0.15) is 21.9 Å². The lowest BCUT2D eigenvalue weighted by Crippen LogP contribution is -2.11. The van der Waals surface area contributed by atoms with Gasteiger partial charge < -0.3 is 9.15 Å². The van der Waals surface area contributed by atoms with Crippen molar-refractivity contribution in [3.63, 3.8) is 0 Å². The van der Waals surface area contributed by atoms with Crippen LogP contribution in [0.5, 0.6) is 0 Å². The number of nitrogens with zero attached hydrogens (tertiary/aromatic N) is 2. The van der Waals surface area contributed by atoms with E-state index in [2.05, 4.69) is 14.7 Å². The Hall–Kier alpha value is -2.55. The number of ether oxygens (including phenoxy) is 1. The summed E-state index contributed by atoms with van der Waals surface area (Å²) in [6.07, 6.45) is -3.33. The minimum atomic E-state index is -4.65. The van der Waals surface area contributed by atoms with E-state index >= 15 is 0 Å². The van der Waals surface area contributed by atoms with Crippen molar-refractivity contribution in [3.05, 3.63) is 53.7 Å². The largest absolute Gasteiger partial charge is 0.468 e. The van der Waals surface area contributed by atoms with Gasteiger partial charge in [0.1, 0.15) is 16.3 Å². The molecule has 0 unspecified atom stereocenters. The van der Waals surface area contributed by atoms with Gasteiger partial charge in [-0.25, -0.2) is 14.8 Å². The van der Waals surface area contributed by atoms with Gasteiger partial charge in [0, 0.05) is 5.39 Å². The van der Waals surface area contributed by atoms with Crippen LogP contribution < -0.4 is 0 Å². The second-order valence-electron chi connectivity index (χ2n) is 4.90. The van der Waals surface area contributed by atoms with Gasteiger partial charge in [0.05, 0.1) is 24.6 Å². The number of furan rings is 1. The third kappa shape index (κ3) is 3.60. The number of carbonyl (C=O) groups excluding carboxylic acids is 1. The molecule has 0 saturated heterocycles. The maximum Gasteiger partial charge on any atom is 0.451 e. The molecule has 0 aliphatic heterocycles. The Kier molecular flexibility index (Phi) is 4.67. The van der Waals surface area contributed by atoms with Crippen molar-refractivity contribution in [3.8, 4) is 0 Å². The molecule has 0 atom stereocenters. The van der Waals surface area contributed by atoms with E-state index in [1.807, 2.05) is 0 Å². The summed E-state index contributed by atoms with van der Waals surface area (Å²) in [6.45, 7) is 0. The lowest BCUT2D eigenvalue weighted by atomic mass is 10.2. The second-order valence-corrected chi connectivity index (χ2v) is 5.87. The molecule has 2 heterocycles. The van der Waals surface area contributed by atoms with Crippen LogP contribution in [0, 0.1) is 0 Å². The first-order chi connectivity index (χ1) is 11.9. The summed E-state index contributed by atoms with van der Waals surface area (Å²) in [5.74, 6) is -1.36. The molecule has 2 aromatic heterocycles. The maximum atomic E-state index is 13.0. The highest BCUT2D eigenvalue weighted by molar-refractivity contribution is 7.98. The van der Waals surface area contributed by atoms with Gasteiger partial charge >= 0.3 is 12.1 Å². The van der Waals surface area contributed by atoms with Gasteiger partial charge in [-0.1, -0.05) is 30.0 Å². The number of aromatic nitrogens is 2. The molecule has 3 aromatic rings. The van der Waals surface area contributed by atoms with Gasteiger partial charge in [-0.2, -0.15) is 13.2 Å². The highest BCUT2D eigenvalue weighted by atomic mass is 32.2. The van der Waals surface area contributed by atoms with Gasteiger partial charge in [-0.3, -0.25) is 0 Å². The van der Waals surface area contributed by atoms with Gasteiger partial charge in [-0.05, 0) is 12.1 Å². The van der Waals surface area contributed by atoms with Crippen LogP contribution in [0.25, 0.3) is 10.9 Å². The minimum absolute atomic E-state index is 0.121. The van der Waals surface area contributed by atoms with E-state index in [4.69, 9.17) is 4.42 Å². The standard InChI is InChI=1S/C16H11F3N2O3S/c1-23-14(22)10-6-7-24-12(10)8-25-13-9-4-2-3-5-11(9)20-15(21-13)16(17,18)19/h2-7H,8H2,1H3. The first-order valence-corrected chi connectivity index (χ1v) is 8.00. The normalized spacial score (nSPS) is 11.7. The molecule has 25 heavy (non-hydrogen) atoms. The minimum Gasteiger partial charge on any atom is -0.468 e. The molecule has 0 amide bonds. The van der Waals surface area contributed by atoms with Crippen LogP contribution >= 0.6 is 11.8 Å². The third-order valence-electron chi connectivity index (χ3n) is 3.31. The van der Waals surface area contributed by atoms with E-state index in [0.717, 1.165) is 11.8 Å². The topological polar surface area (TPSA) is 65.2 Å². The summed E-state index contributed by atoms with van der Waals surface area (Å²) < 4.78 is 48.9. The lowest BCUT2D eigenvalue weighted by Gasteiger charge is -2.10. The first kappa shape index (κ1) is 17.3. The Balaban J connectivity index is 1.96. The molecule has 0 N–H and O–H groups in total. The van der Waals surface area contributed by atoms with Crippen LogP contribution in [0.3, 0.4) is 0 Å². The molecule has 5 nitrogen and oxygen atoms in total. The van der Waals surface area contributed by atoms with Crippen LogP contribution in [-0.4, -0.2) is 23.0 Å². The molecular formula is C16H11F3N2O3S. The first-order valence-electron chi connectivity index (χ1n) is 7.01. The number of thioether (sulfide) groups is 1. The average molecular weight is 368 g/mol. The summed E-state index contributed by atoms with van der Waals surface area (Å²) >= 11 is 1.03. The monoisotopic (exact) mass is 368 g/mol. The molecule has 0 bridgehead atoms. The van der Waals surface area contributed by atoms with Crippen LogP contribution in [0.15, 0.2) is 46.0 Å². The summed E-state index contributed by atoms with van der Waals surface area (Å²) in [4.78, 5) is 18.8. The second kappa shape index (κ2) is 6.75. The smallest absolute Gasteiger partial charge is 0.451 e. The number of hydrogen-bond donors (Lipinski definition) is 0. The highest BCUT2D eigenvalue weighted by Crippen LogP contribution is 2.33. The maximum absolute atomic E-state index is 13.0. The highest BCUT2D eigenvalue weighted by Gasteiger charge is 2.35. The molecule has 9 heteroatoms. The van der Waals surface area contributed by atoms with Crippen molar-refractivity contribution in [1.82, 2.24) is 9.97 Å². The molecule has 0 spiro atoms. The molecule has 0 aliphatic rings. The van der Waals surface area contributed by atoms with Crippen molar-refractivity contribution >= 4 is 28.6 Å². The summed E-state index contributed by atoms with van der Waals surface area (Å²) in [5.41, 5.74) is 0.421. The van der Waals surface area contributed by atoms with Crippen LogP contribution in [0.4, 0.5) is 13.2 Å². The molecular weight excluding hydrogens is 357 g/mol. The lowest BCUT2D eigenvalue weighted by molar-refractivity contribution is -0.145. The van der Waals surface area contributed by atoms with E-state index < -0.39 is 18.0 Å². The van der Waals surface area contributed by atoms with Crippen LogP contribution in [0.2, 0.25) is 0 Å². The molecule has 130 valence electrons. The zero-order valence-electron chi connectivity index (χ0n) is 12.8. The number of alkyl halides is 3. The quantitative estimate of drug-likeness (QED) is 0.388. The predicted molar refractivity (Wildman–Crippen MR) is 84.1 cm³/mol. The molecule has 3 rings (SSSR count). The van der Waals surface area contributed by atoms with Gasteiger partial charge in [-0.15, -0.1) is 0 Å². The average Bonchev–Trinajstić information content (AvgIpc) is 3.06. The number of halogens is 3.